The molecule has 2 unspecified atom stereocenters. The molecule has 3 rings (SSSR count). The summed E-state index contributed by atoms with van der Waals surface area (Å²) in [4.78, 5) is 26.5. The van der Waals surface area contributed by atoms with E-state index in [0.717, 1.165) is 32.1 Å². The van der Waals surface area contributed by atoms with E-state index in [1.54, 1.807) is 4.90 Å². The molecule has 22 heavy (non-hydrogen) atoms. The normalized spacial score (nSPS) is 27.1. The maximum absolute atomic E-state index is 12.5. The van der Waals surface area contributed by atoms with E-state index in [4.69, 9.17) is 9.47 Å². The fourth-order valence-corrected chi connectivity index (χ4v) is 3.32. The summed E-state index contributed by atoms with van der Waals surface area (Å²) < 4.78 is 10.8. The number of hydrogen-bond acceptors (Lipinski definition) is 4. The predicted molar refractivity (Wildman–Crippen MR) is 90.0 cm³/mol. The van der Waals surface area contributed by atoms with Crippen molar-refractivity contribution in [1.29, 1.82) is 0 Å². The molecule has 3 fully saturated rings. The summed E-state index contributed by atoms with van der Waals surface area (Å²) in [7, 11) is 0. The zero-order valence-corrected chi connectivity index (χ0v) is 15.7. The summed E-state index contributed by atoms with van der Waals surface area (Å²) in [6, 6.07) is -0.345. The zero-order chi connectivity index (χ0) is 15.6. The first kappa shape index (κ1) is 19.2. The second-order valence-corrected chi connectivity index (χ2v) is 7.07. The Labute approximate surface area is 136 Å². The van der Waals surface area contributed by atoms with E-state index in [2.05, 4.69) is 0 Å². The Bertz CT molecular complexity index is 399. The minimum absolute atomic E-state index is 0. The Balaban J connectivity index is 0.00000242. The molecule has 0 spiro atoms. The molecule has 0 aromatic heterocycles. The van der Waals surface area contributed by atoms with E-state index in [1.807, 2.05) is 27.7 Å². The average Bonchev–Trinajstić information content (AvgIpc) is 2.43. The van der Waals surface area contributed by atoms with Gasteiger partial charge in [-0.3, -0.25) is 4.90 Å². The predicted octanol–water partition coefficient (Wildman–Crippen LogP) is 3.18. The number of fused-ring (bicyclic) bond motifs is 3. The van der Waals surface area contributed by atoms with Crippen molar-refractivity contribution in [3.8, 4) is 0 Å². The molecular weight excluding hydrogens is 301 g/mol. The van der Waals surface area contributed by atoms with Crippen LogP contribution in [0.5, 0.6) is 0 Å². The van der Waals surface area contributed by atoms with Gasteiger partial charge in [0.05, 0.1) is 6.61 Å². The Hall–Kier alpha value is -0.830. The van der Waals surface area contributed by atoms with Crippen LogP contribution in [0.1, 0.15) is 59.8 Å². The first-order valence-corrected chi connectivity index (χ1v) is 8.01. The highest BCUT2D eigenvalue weighted by Crippen LogP contribution is 2.40. The minimum atomic E-state index is -0.550. The summed E-state index contributed by atoms with van der Waals surface area (Å²) in [5, 5.41) is 0. The average molecular weight is 331 g/mol. The smallest absolute Gasteiger partial charge is 0.411 e. The number of esters is 1. The molecule has 2 atom stereocenters. The van der Waals surface area contributed by atoms with Gasteiger partial charge in [0.15, 0.2) is 0 Å². The lowest BCUT2D eigenvalue weighted by atomic mass is 9.75. The van der Waals surface area contributed by atoms with Crippen LogP contribution in [-0.4, -0.2) is 41.3 Å². The topological polar surface area (TPSA) is 55.8 Å². The van der Waals surface area contributed by atoms with E-state index < -0.39 is 11.6 Å². The number of piperidine rings is 2. The lowest BCUT2D eigenvalue weighted by Crippen LogP contribution is -2.61. The molecule has 0 N–H and O–H groups in total. The van der Waals surface area contributed by atoms with Gasteiger partial charge in [-0.15, -0.1) is 0 Å². The van der Waals surface area contributed by atoms with Crippen molar-refractivity contribution < 1.29 is 19.1 Å². The Kier molecular flexibility index (Phi) is 6.66. The van der Waals surface area contributed by atoms with Gasteiger partial charge in [0, 0.05) is 6.04 Å². The number of carbonyl (C=O) groups is 2. The number of carbonyl (C=O) groups excluding carboxylic acids is 2. The highest BCUT2D eigenvalue weighted by Gasteiger charge is 2.49. The maximum Gasteiger partial charge on any atom is 0.411 e. The van der Waals surface area contributed by atoms with E-state index in [-0.39, 0.29) is 33.9 Å². The zero-order valence-electron chi connectivity index (χ0n) is 14.3. The van der Waals surface area contributed by atoms with Gasteiger partial charge in [0.1, 0.15) is 11.6 Å². The number of amides is 1. The third-order valence-corrected chi connectivity index (χ3v) is 4.18. The number of ether oxygens (including phenoxy) is 2. The highest BCUT2D eigenvalue weighted by atomic mass is 31.0. The quantitative estimate of drug-likeness (QED) is 0.589. The van der Waals surface area contributed by atoms with Crippen molar-refractivity contribution in [3.05, 3.63) is 0 Å². The first-order chi connectivity index (χ1) is 9.83. The van der Waals surface area contributed by atoms with Gasteiger partial charge in [0.25, 0.3) is 0 Å². The number of nitrogens with zero attached hydrogens (tertiary/aromatic N) is 1. The monoisotopic (exact) mass is 331 g/mol. The largest absolute Gasteiger partial charge is 0.464 e. The molecule has 2 bridgehead atoms. The van der Waals surface area contributed by atoms with Crippen LogP contribution in [0.25, 0.3) is 0 Å². The van der Waals surface area contributed by atoms with Gasteiger partial charge in [-0.2, -0.15) is 9.90 Å². The van der Waals surface area contributed by atoms with Crippen LogP contribution >= 0.6 is 9.90 Å². The standard InChI is InChI=1S/C16H27NO4.H3P/c1-5-10-20-14(18)13-11-6-8-12(9-7-11)17(13)15(19)21-16(2,3)4;/h11-13H,5-10H2,1-4H3;1H3. The molecule has 3 aliphatic rings. The summed E-state index contributed by atoms with van der Waals surface area (Å²) in [6.45, 7) is 7.91. The van der Waals surface area contributed by atoms with Crippen LogP contribution < -0.4 is 0 Å². The van der Waals surface area contributed by atoms with E-state index in [1.165, 1.54) is 0 Å². The number of hydrogen-bond donors (Lipinski definition) is 0. The summed E-state index contributed by atoms with van der Waals surface area (Å²) in [5.74, 6) is -0.0519. The molecule has 0 radical (unpaired) electrons. The van der Waals surface area contributed by atoms with E-state index in [0.29, 0.717) is 6.61 Å². The van der Waals surface area contributed by atoms with Gasteiger partial charge >= 0.3 is 12.1 Å². The molecule has 2 saturated heterocycles. The minimum Gasteiger partial charge on any atom is -0.464 e. The molecule has 2 heterocycles. The summed E-state index contributed by atoms with van der Waals surface area (Å²) in [5.41, 5.74) is -0.550. The van der Waals surface area contributed by atoms with Crippen LogP contribution in [0, 0.1) is 5.92 Å². The lowest BCUT2D eigenvalue weighted by Gasteiger charge is -2.49. The molecule has 2 aliphatic heterocycles. The summed E-state index contributed by atoms with van der Waals surface area (Å²) >= 11 is 0. The van der Waals surface area contributed by atoms with Crippen LogP contribution in [0.4, 0.5) is 4.79 Å². The van der Waals surface area contributed by atoms with Crippen LogP contribution in [0.3, 0.4) is 0 Å². The first-order valence-electron chi connectivity index (χ1n) is 8.01. The fourth-order valence-electron chi connectivity index (χ4n) is 3.32. The molecule has 0 aromatic carbocycles. The van der Waals surface area contributed by atoms with Gasteiger partial charge in [-0.1, -0.05) is 6.92 Å². The SMILES string of the molecule is CCCOC(=O)C1C2CCC(CC2)N1C(=O)OC(C)(C)C.P. The van der Waals surface area contributed by atoms with Crippen LogP contribution in [-0.2, 0) is 14.3 Å². The Morgan fingerprint density at radius 2 is 1.73 bits per heavy atom. The second-order valence-electron chi connectivity index (χ2n) is 7.07. The van der Waals surface area contributed by atoms with Gasteiger partial charge in [-0.25, -0.2) is 9.59 Å². The van der Waals surface area contributed by atoms with Crippen molar-refractivity contribution >= 4 is 22.0 Å². The van der Waals surface area contributed by atoms with Crippen LogP contribution in [0.2, 0.25) is 0 Å². The molecule has 1 amide bonds. The van der Waals surface area contributed by atoms with Crippen molar-refractivity contribution in [1.82, 2.24) is 4.90 Å². The van der Waals surface area contributed by atoms with Crippen molar-refractivity contribution in [2.75, 3.05) is 6.61 Å². The van der Waals surface area contributed by atoms with E-state index in [9.17, 15) is 9.59 Å². The molecule has 6 heteroatoms. The third-order valence-electron chi connectivity index (χ3n) is 4.18. The molecule has 1 saturated carbocycles. The van der Waals surface area contributed by atoms with E-state index >= 15 is 0 Å². The molecular formula is C16H30NO4P. The molecule has 1 aliphatic carbocycles. The maximum atomic E-state index is 12.5. The Morgan fingerprint density at radius 1 is 1.14 bits per heavy atom. The van der Waals surface area contributed by atoms with Crippen LogP contribution in [0.15, 0.2) is 0 Å². The highest BCUT2D eigenvalue weighted by molar-refractivity contribution is 6.92. The van der Waals surface area contributed by atoms with Gasteiger partial charge in [-0.05, 0) is 58.8 Å². The van der Waals surface area contributed by atoms with Gasteiger partial charge < -0.3 is 9.47 Å². The van der Waals surface area contributed by atoms with Crippen molar-refractivity contribution in [3.63, 3.8) is 0 Å². The molecule has 5 nitrogen and oxygen atoms in total. The number of rotatable bonds is 3. The van der Waals surface area contributed by atoms with Crippen molar-refractivity contribution in [2.45, 2.75) is 77.5 Å². The lowest BCUT2D eigenvalue weighted by molar-refractivity contribution is -0.158. The third kappa shape index (κ3) is 4.34. The molecule has 128 valence electrons. The summed E-state index contributed by atoms with van der Waals surface area (Å²) in [6.07, 6.45) is 4.32. The fraction of sp³-hybridized carbons (Fsp3) is 0.875. The Morgan fingerprint density at radius 3 is 2.23 bits per heavy atom. The van der Waals surface area contributed by atoms with Crippen molar-refractivity contribution in [2.24, 2.45) is 5.92 Å². The molecule has 0 aromatic rings. The van der Waals surface area contributed by atoms with Gasteiger partial charge in [0.2, 0.25) is 0 Å². The second kappa shape index (κ2) is 7.63.